The van der Waals surface area contributed by atoms with Crippen molar-refractivity contribution in [3.8, 4) is 0 Å². The second-order valence-corrected chi connectivity index (χ2v) is 7.81. The van der Waals surface area contributed by atoms with E-state index in [4.69, 9.17) is 0 Å². The molecule has 0 bridgehead atoms. The molecule has 3 aromatic rings. The van der Waals surface area contributed by atoms with E-state index in [2.05, 4.69) is 57.3 Å². The highest BCUT2D eigenvalue weighted by atomic mass is 32.2. The fraction of sp³-hybridized carbons (Fsp3) is 0.400. The number of hydrogen-bond donors (Lipinski definition) is 1. The van der Waals surface area contributed by atoms with Crippen molar-refractivity contribution in [2.75, 3.05) is 6.26 Å². The smallest absolute Gasteiger partial charge is 0.143 e. The van der Waals surface area contributed by atoms with E-state index in [-0.39, 0.29) is 6.10 Å². The van der Waals surface area contributed by atoms with Gasteiger partial charge in [0.15, 0.2) is 0 Å². The van der Waals surface area contributed by atoms with Gasteiger partial charge >= 0.3 is 0 Å². The highest BCUT2D eigenvalue weighted by molar-refractivity contribution is 7.99. The number of nitrogens with zero attached hydrogens (tertiary/aromatic N) is 3. The van der Waals surface area contributed by atoms with Gasteiger partial charge in [0.05, 0.1) is 11.8 Å². The van der Waals surface area contributed by atoms with Gasteiger partial charge in [0.2, 0.25) is 0 Å². The molecule has 25 heavy (non-hydrogen) atoms. The average Bonchev–Trinajstić information content (AvgIpc) is 3.24. The molecule has 2 aromatic heterocycles. The van der Waals surface area contributed by atoms with Gasteiger partial charge in [0.25, 0.3) is 0 Å². The summed E-state index contributed by atoms with van der Waals surface area (Å²) in [7, 11) is 0. The normalized spacial score (nSPS) is 23.4. The van der Waals surface area contributed by atoms with Crippen LogP contribution in [0.15, 0.2) is 48.9 Å². The minimum absolute atomic E-state index is 0.225. The first-order chi connectivity index (χ1) is 12.3. The molecule has 5 heteroatoms. The minimum Gasteiger partial charge on any atom is -0.392 e. The molecular weight excluding hydrogens is 330 g/mol. The van der Waals surface area contributed by atoms with E-state index in [1.54, 1.807) is 18.1 Å². The number of thioether (sulfide) groups is 1. The highest BCUT2D eigenvalue weighted by Gasteiger charge is 2.34. The Labute approximate surface area is 152 Å². The molecule has 1 aliphatic carbocycles. The van der Waals surface area contributed by atoms with E-state index < -0.39 is 0 Å². The lowest BCUT2D eigenvalue weighted by molar-refractivity contribution is 0.183. The maximum Gasteiger partial charge on any atom is 0.143 e. The van der Waals surface area contributed by atoms with Crippen LogP contribution < -0.4 is 0 Å². The first kappa shape index (κ1) is 16.6. The Kier molecular flexibility index (Phi) is 4.77. The summed E-state index contributed by atoms with van der Waals surface area (Å²) in [5.74, 6) is 0. The standard InChI is InChI=1S/C20H23N3OS/c1-25-19-12-15(11-18(19)24)23-10-9-16-17(21-13-22-20(16)23)8-7-14-5-3-2-4-6-14/h2-6,9-10,13,15,18-19,24H,7-8,11-12H2,1H3/t15-,18+,19+/m1/s1. The summed E-state index contributed by atoms with van der Waals surface area (Å²) in [5.41, 5.74) is 3.43. The topological polar surface area (TPSA) is 50.9 Å². The predicted molar refractivity (Wildman–Crippen MR) is 103 cm³/mol. The monoisotopic (exact) mass is 353 g/mol. The first-order valence-corrected chi connectivity index (χ1v) is 10.1. The zero-order valence-electron chi connectivity index (χ0n) is 14.4. The summed E-state index contributed by atoms with van der Waals surface area (Å²) in [5, 5.41) is 11.7. The van der Waals surface area contributed by atoms with Crippen LogP contribution in [0.1, 0.15) is 30.1 Å². The molecule has 130 valence electrons. The highest BCUT2D eigenvalue weighted by Crippen LogP contribution is 2.38. The van der Waals surface area contributed by atoms with Crippen LogP contribution in [0.3, 0.4) is 0 Å². The second-order valence-electron chi connectivity index (χ2n) is 6.73. The van der Waals surface area contributed by atoms with Crippen molar-refractivity contribution in [2.24, 2.45) is 0 Å². The van der Waals surface area contributed by atoms with Crippen molar-refractivity contribution in [2.45, 2.75) is 43.1 Å². The fourth-order valence-corrected chi connectivity index (χ4v) is 4.70. The van der Waals surface area contributed by atoms with Crippen molar-refractivity contribution >= 4 is 22.8 Å². The number of aryl methyl sites for hydroxylation is 2. The molecule has 3 atom stereocenters. The molecular formula is C20H23N3OS. The van der Waals surface area contributed by atoms with E-state index in [0.29, 0.717) is 11.3 Å². The maximum absolute atomic E-state index is 10.2. The van der Waals surface area contributed by atoms with Crippen LogP contribution in [0.2, 0.25) is 0 Å². The number of aliphatic hydroxyl groups excluding tert-OH is 1. The van der Waals surface area contributed by atoms with Crippen LogP contribution in [0.4, 0.5) is 0 Å². The van der Waals surface area contributed by atoms with E-state index in [1.807, 2.05) is 6.07 Å². The molecule has 1 aromatic carbocycles. The molecule has 0 aliphatic heterocycles. The molecule has 1 fully saturated rings. The molecule has 0 radical (unpaired) electrons. The Morgan fingerprint density at radius 1 is 1.12 bits per heavy atom. The molecule has 1 saturated carbocycles. The summed E-state index contributed by atoms with van der Waals surface area (Å²) in [6.45, 7) is 0. The van der Waals surface area contributed by atoms with Gasteiger partial charge in [0, 0.05) is 22.9 Å². The lowest BCUT2D eigenvalue weighted by atomic mass is 10.1. The average molecular weight is 353 g/mol. The van der Waals surface area contributed by atoms with Gasteiger partial charge in [-0.1, -0.05) is 30.3 Å². The summed E-state index contributed by atoms with van der Waals surface area (Å²) >= 11 is 1.76. The van der Waals surface area contributed by atoms with E-state index >= 15 is 0 Å². The Morgan fingerprint density at radius 3 is 2.72 bits per heavy atom. The Balaban J connectivity index is 1.58. The molecule has 1 aliphatic rings. The van der Waals surface area contributed by atoms with Gasteiger partial charge in [-0.05, 0) is 43.6 Å². The summed E-state index contributed by atoms with van der Waals surface area (Å²) in [4.78, 5) is 9.07. The molecule has 0 amide bonds. The lowest BCUT2D eigenvalue weighted by Crippen LogP contribution is -2.14. The largest absolute Gasteiger partial charge is 0.392 e. The van der Waals surface area contributed by atoms with Crippen LogP contribution in [-0.2, 0) is 12.8 Å². The Hall–Kier alpha value is -1.85. The van der Waals surface area contributed by atoms with Crippen molar-refractivity contribution in [1.29, 1.82) is 0 Å². The second kappa shape index (κ2) is 7.18. The third kappa shape index (κ3) is 3.31. The zero-order chi connectivity index (χ0) is 17.2. The van der Waals surface area contributed by atoms with Gasteiger partial charge in [-0.3, -0.25) is 0 Å². The molecule has 0 saturated heterocycles. The predicted octanol–water partition coefficient (Wildman–Crippen LogP) is 3.64. The molecule has 1 N–H and O–H groups in total. The third-order valence-corrected chi connectivity index (χ3v) is 6.34. The van der Waals surface area contributed by atoms with E-state index in [9.17, 15) is 5.11 Å². The van der Waals surface area contributed by atoms with Crippen molar-refractivity contribution in [1.82, 2.24) is 14.5 Å². The number of fused-ring (bicyclic) bond motifs is 1. The van der Waals surface area contributed by atoms with Gasteiger partial charge in [-0.2, -0.15) is 11.8 Å². The van der Waals surface area contributed by atoms with Gasteiger partial charge in [-0.25, -0.2) is 9.97 Å². The van der Waals surface area contributed by atoms with Crippen LogP contribution in [0.25, 0.3) is 11.0 Å². The van der Waals surface area contributed by atoms with E-state index in [1.165, 1.54) is 5.56 Å². The van der Waals surface area contributed by atoms with Crippen molar-refractivity contribution in [3.63, 3.8) is 0 Å². The van der Waals surface area contributed by atoms with Crippen LogP contribution >= 0.6 is 11.8 Å². The van der Waals surface area contributed by atoms with Gasteiger partial charge in [-0.15, -0.1) is 0 Å². The third-order valence-electron chi connectivity index (χ3n) is 5.23. The fourth-order valence-electron chi connectivity index (χ4n) is 3.86. The Morgan fingerprint density at radius 2 is 1.96 bits per heavy atom. The SMILES string of the molecule is CS[C@H]1C[C@H](n2ccc3c(CCc4ccccc4)ncnc32)C[C@@H]1O. The molecule has 4 nitrogen and oxygen atoms in total. The van der Waals surface area contributed by atoms with Gasteiger partial charge in [0.1, 0.15) is 12.0 Å². The zero-order valence-corrected chi connectivity index (χ0v) is 15.2. The van der Waals surface area contributed by atoms with Crippen LogP contribution in [0.5, 0.6) is 0 Å². The quantitative estimate of drug-likeness (QED) is 0.761. The number of aliphatic hydroxyl groups is 1. The minimum atomic E-state index is -0.225. The van der Waals surface area contributed by atoms with E-state index in [0.717, 1.165) is 42.4 Å². The maximum atomic E-state index is 10.2. The van der Waals surface area contributed by atoms with Crippen molar-refractivity contribution < 1.29 is 5.11 Å². The van der Waals surface area contributed by atoms with Crippen LogP contribution in [-0.4, -0.2) is 37.3 Å². The Bertz CT molecular complexity index is 849. The number of benzene rings is 1. The summed E-state index contributed by atoms with van der Waals surface area (Å²) in [6, 6.07) is 13.0. The summed E-state index contributed by atoms with van der Waals surface area (Å²) in [6.07, 6.45) is 9.34. The lowest BCUT2D eigenvalue weighted by Gasteiger charge is -2.13. The molecule has 4 rings (SSSR count). The van der Waals surface area contributed by atoms with Crippen molar-refractivity contribution in [3.05, 3.63) is 60.2 Å². The number of hydrogen-bond acceptors (Lipinski definition) is 4. The molecule has 0 spiro atoms. The molecule has 0 unspecified atom stereocenters. The number of rotatable bonds is 5. The summed E-state index contributed by atoms with van der Waals surface area (Å²) < 4.78 is 2.24. The number of aromatic nitrogens is 3. The first-order valence-electron chi connectivity index (χ1n) is 8.81. The van der Waals surface area contributed by atoms with Gasteiger partial charge < -0.3 is 9.67 Å². The van der Waals surface area contributed by atoms with Crippen LogP contribution in [0, 0.1) is 0 Å². The molecule has 2 heterocycles.